The molecule has 0 aliphatic rings. The summed E-state index contributed by atoms with van der Waals surface area (Å²) < 4.78 is 19.1. The van der Waals surface area contributed by atoms with Gasteiger partial charge >= 0.3 is 0 Å². The third kappa shape index (κ3) is 7.67. The average molecular weight is 477 g/mol. The maximum atomic E-state index is 13.4. The zero-order valence-corrected chi connectivity index (χ0v) is 20.5. The van der Waals surface area contributed by atoms with Crippen LogP contribution in [0.2, 0.25) is 0 Å². The lowest BCUT2D eigenvalue weighted by Crippen LogP contribution is -2.42. The van der Waals surface area contributed by atoms with E-state index in [0.29, 0.717) is 11.3 Å². The Hall–Kier alpha value is -3.67. The molecule has 1 heterocycles. The number of hydrogen-bond donors (Lipinski definition) is 0. The fourth-order valence-corrected chi connectivity index (χ4v) is 3.82. The number of aryl methyl sites for hydroxylation is 2. The third-order valence-electron chi connectivity index (χ3n) is 5.76. The zero-order valence-electron chi connectivity index (χ0n) is 20.5. The van der Waals surface area contributed by atoms with E-state index in [-0.39, 0.29) is 43.8 Å². The second kappa shape index (κ2) is 12.7. The maximum absolute atomic E-state index is 13.4. The molecule has 1 aromatic heterocycles. The summed E-state index contributed by atoms with van der Waals surface area (Å²) in [6.45, 7) is 8.38. The molecule has 0 saturated heterocycles. The summed E-state index contributed by atoms with van der Waals surface area (Å²) in [5.74, 6) is 0.591. The molecule has 0 aliphatic carbocycles. The minimum absolute atomic E-state index is 0.108. The summed E-state index contributed by atoms with van der Waals surface area (Å²) in [5.41, 5.74) is 2.51. The fraction of sp³-hybridized carbons (Fsp3) is 0.310. The van der Waals surface area contributed by atoms with Gasteiger partial charge in [0, 0.05) is 18.7 Å². The number of carbonyl (C=O) groups is 2. The van der Waals surface area contributed by atoms with Crippen molar-refractivity contribution in [2.24, 2.45) is 0 Å². The molecule has 5 nitrogen and oxygen atoms in total. The number of carbonyl (C=O) groups excluding carboxylic acids is 2. The van der Waals surface area contributed by atoms with Crippen LogP contribution in [-0.4, -0.2) is 34.7 Å². The van der Waals surface area contributed by atoms with Crippen molar-refractivity contribution in [3.8, 4) is 0 Å². The van der Waals surface area contributed by atoms with Crippen LogP contribution in [0.5, 0.6) is 0 Å². The molecule has 0 spiro atoms. The Morgan fingerprint density at radius 1 is 0.943 bits per heavy atom. The van der Waals surface area contributed by atoms with E-state index >= 15 is 0 Å². The van der Waals surface area contributed by atoms with Gasteiger partial charge in [-0.25, -0.2) is 4.39 Å². The number of benzene rings is 2. The zero-order chi connectivity index (χ0) is 25.2. The molecule has 2 amide bonds. The van der Waals surface area contributed by atoms with Gasteiger partial charge in [0.15, 0.2) is 0 Å². The van der Waals surface area contributed by atoms with Crippen molar-refractivity contribution < 1.29 is 18.4 Å². The monoisotopic (exact) mass is 476 g/mol. The molecule has 0 atom stereocenters. The summed E-state index contributed by atoms with van der Waals surface area (Å²) in [4.78, 5) is 29.7. The lowest BCUT2D eigenvalue weighted by molar-refractivity contribution is -0.133. The van der Waals surface area contributed by atoms with Gasteiger partial charge in [-0.1, -0.05) is 43.7 Å². The van der Waals surface area contributed by atoms with Gasteiger partial charge in [0.1, 0.15) is 23.9 Å². The van der Waals surface area contributed by atoms with Crippen molar-refractivity contribution in [1.29, 1.82) is 0 Å². The van der Waals surface area contributed by atoms with Crippen molar-refractivity contribution in [3.05, 3.63) is 107 Å². The van der Waals surface area contributed by atoms with Gasteiger partial charge in [-0.3, -0.25) is 9.59 Å². The highest BCUT2D eigenvalue weighted by atomic mass is 19.1. The van der Waals surface area contributed by atoms with E-state index in [4.69, 9.17) is 4.42 Å². The Morgan fingerprint density at radius 3 is 2.23 bits per heavy atom. The largest absolute Gasteiger partial charge is 0.464 e. The lowest BCUT2D eigenvalue weighted by atomic mass is 10.1. The second-order valence-electron chi connectivity index (χ2n) is 8.66. The van der Waals surface area contributed by atoms with Crippen LogP contribution < -0.4 is 0 Å². The van der Waals surface area contributed by atoms with Crippen LogP contribution in [0.25, 0.3) is 0 Å². The minimum Gasteiger partial charge on any atom is -0.464 e. The molecule has 0 radical (unpaired) electrons. The fourth-order valence-electron chi connectivity index (χ4n) is 3.82. The van der Waals surface area contributed by atoms with Crippen LogP contribution in [0.3, 0.4) is 0 Å². The van der Waals surface area contributed by atoms with Gasteiger partial charge in [0.25, 0.3) is 5.91 Å². The molecule has 0 fully saturated rings. The van der Waals surface area contributed by atoms with E-state index in [1.54, 1.807) is 23.1 Å². The molecular formula is C29H33FN2O3. The molecular weight excluding hydrogens is 443 g/mol. The number of amides is 2. The van der Waals surface area contributed by atoms with E-state index in [0.717, 1.165) is 30.6 Å². The Labute approximate surface area is 206 Å². The molecule has 0 aliphatic heterocycles. The van der Waals surface area contributed by atoms with Crippen LogP contribution in [-0.2, 0) is 24.3 Å². The van der Waals surface area contributed by atoms with Crippen molar-refractivity contribution in [2.45, 2.75) is 46.2 Å². The highest BCUT2D eigenvalue weighted by molar-refractivity contribution is 5.96. The Balaban J connectivity index is 1.76. The molecule has 0 unspecified atom stereocenters. The number of furan rings is 1. The van der Waals surface area contributed by atoms with Gasteiger partial charge in [0.05, 0.1) is 6.54 Å². The Kier molecular flexibility index (Phi) is 9.41. The number of halogens is 1. The first-order valence-corrected chi connectivity index (χ1v) is 12.0. The van der Waals surface area contributed by atoms with Gasteiger partial charge in [0.2, 0.25) is 5.91 Å². The summed E-state index contributed by atoms with van der Waals surface area (Å²) >= 11 is 0. The molecule has 3 aromatic rings. The van der Waals surface area contributed by atoms with Gasteiger partial charge in [-0.05, 0) is 67.3 Å². The van der Waals surface area contributed by atoms with Gasteiger partial charge in [-0.2, -0.15) is 0 Å². The van der Waals surface area contributed by atoms with E-state index in [2.05, 4.69) is 13.5 Å². The first kappa shape index (κ1) is 25.9. The maximum Gasteiger partial charge on any atom is 0.254 e. The standard InChI is InChI=1S/C29H33FN2O3/c1-4-6-7-23-9-13-25(14-10-23)29(34)31(18-5-2)21-28(33)32(20-27-17-8-22(3)35-27)19-24-11-15-26(30)16-12-24/h5,8-17H,2,4,6-7,18-21H2,1,3H3. The van der Waals surface area contributed by atoms with Crippen LogP contribution in [0.4, 0.5) is 4.39 Å². The van der Waals surface area contributed by atoms with E-state index in [1.807, 2.05) is 43.3 Å². The normalized spacial score (nSPS) is 10.7. The van der Waals surface area contributed by atoms with Crippen molar-refractivity contribution in [2.75, 3.05) is 13.1 Å². The summed E-state index contributed by atoms with van der Waals surface area (Å²) in [5, 5.41) is 0. The minimum atomic E-state index is -0.336. The quantitative estimate of drug-likeness (QED) is 0.305. The van der Waals surface area contributed by atoms with E-state index in [1.165, 1.54) is 22.6 Å². The van der Waals surface area contributed by atoms with Crippen LogP contribution in [0.1, 0.15) is 52.8 Å². The Bertz CT molecular complexity index is 1120. The summed E-state index contributed by atoms with van der Waals surface area (Å²) in [7, 11) is 0. The molecule has 0 saturated carbocycles. The summed E-state index contributed by atoms with van der Waals surface area (Å²) in [6, 6.07) is 17.3. The van der Waals surface area contributed by atoms with Crippen molar-refractivity contribution in [3.63, 3.8) is 0 Å². The molecule has 35 heavy (non-hydrogen) atoms. The van der Waals surface area contributed by atoms with E-state index < -0.39 is 0 Å². The molecule has 184 valence electrons. The molecule has 6 heteroatoms. The molecule has 3 rings (SSSR count). The number of hydrogen-bond acceptors (Lipinski definition) is 3. The van der Waals surface area contributed by atoms with E-state index in [9.17, 15) is 14.0 Å². The highest BCUT2D eigenvalue weighted by Crippen LogP contribution is 2.16. The first-order chi connectivity index (χ1) is 16.9. The number of nitrogens with zero attached hydrogens (tertiary/aromatic N) is 2. The average Bonchev–Trinajstić information content (AvgIpc) is 3.27. The summed E-state index contributed by atoms with van der Waals surface area (Å²) in [6.07, 6.45) is 4.80. The third-order valence-corrected chi connectivity index (χ3v) is 5.76. The van der Waals surface area contributed by atoms with Crippen molar-refractivity contribution in [1.82, 2.24) is 9.80 Å². The molecule has 2 aromatic carbocycles. The topological polar surface area (TPSA) is 53.8 Å². The molecule has 0 bridgehead atoms. The van der Waals surface area contributed by atoms with Crippen molar-refractivity contribution >= 4 is 11.8 Å². The van der Waals surface area contributed by atoms with Crippen LogP contribution in [0, 0.1) is 12.7 Å². The predicted octanol–water partition coefficient (Wildman–Crippen LogP) is 5.93. The van der Waals surface area contributed by atoms with Gasteiger partial charge in [-0.15, -0.1) is 6.58 Å². The first-order valence-electron chi connectivity index (χ1n) is 12.0. The highest BCUT2D eigenvalue weighted by Gasteiger charge is 2.23. The number of unbranched alkanes of at least 4 members (excludes halogenated alkanes) is 1. The van der Waals surface area contributed by atoms with Crippen LogP contribution in [0.15, 0.2) is 77.7 Å². The van der Waals surface area contributed by atoms with Gasteiger partial charge < -0.3 is 14.2 Å². The number of rotatable bonds is 12. The van der Waals surface area contributed by atoms with Crippen LogP contribution >= 0.6 is 0 Å². The SMILES string of the molecule is C=CCN(CC(=O)N(Cc1ccc(F)cc1)Cc1ccc(C)o1)C(=O)c1ccc(CCCC)cc1. The lowest BCUT2D eigenvalue weighted by Gasteiger charge is -2.27. The molecule has 0 N–H and O–H groups in total. The predicted molar refractivity (Wildman–Crippen MR) is 135 cm³/mol. The smallest absolute Gasteiger partial charge is 0.254 e. The Morgan fingerprint density at radius 2 is 1.63 bits per heavy atom. The second-order valence-corrected chi connectivity index (χ2v) is 8.66.